The van der Waals surface area contributed by atoms with Crippen LogP contribution in [0.25, 0.3) is 0 Å². The monoisotopic (exact) mass is 448 g/mol. The normalized spacial score (nSPS) is 26.1. The molecule has 1 heterocycles. The van der Waals surface area contributed by atoms with Gasteiger partial charge in [0.05, 0.1) is 31.5 Å². The van der Waals surface area contributed by atoms with Crippen molar-refractivity contribution in [2.24, 2.45) is 0 Å². The summed E-state index contributed by atoms with van der Waals surface area (Å²) in [5.41, 5.74) is 2.89. The minimum atomic E-state index is -1.09. The van der Waals surface area contributed by atoms with Gasteiger partial charge in [-0.15, -0.1) is 0 Å². The van der Waals surface area contributed by atoms with Crippen LogP contribution >= 0.6 is 11.6 Å². The number of rotatable bonds is 9. The zero-order valence-electron chi connectivity index (χ0n) is 17.3. The van der Waals surface area contributed by atoms with Crippen molar-refractivity contribution in [1.82, 2.24) is 0 Å². The molecule has 2 aromatic rings. The fourth-order valence-electron chi connectivity index (χ4n) is 3.78. The Hall–Kier alpha value is -1.67. The second kappa shape index (κ2) is 10.3. The quantitative estimate of drug-likeness (QED) is 0.511. The Morgan fingerprint density at radius 1 is 1.03 bits per heavy atom. The number of benzene rings is 2. The van der Waals surface area contributed by atoms with Gasteiger partial charge in [-0.3, -0.25) is 0 Å². The molecular weight excluding hydrogens is 420 g/mol. The molecule has 1 aliphatic heterocycles. The number of hydrogen-bond donors (Lipinski definition) is 3. The Labute approximate surface area is 187 Å². The standard InChI is InChI=1S/C24H29ClO6/c25-20-8-3-16(22-13-21(27)24(28)23(14-26)31-22)12-17(20)11-15-1-4-18(5-2-15)29-9-10-30-19-6-7-19/h1-5,8,12,19,21-24,26-28H,6-7,9-11,13-14H2/t21-,22-,23-,24+/m1/s1. The molecule has 0 bridgehead atoms. The predicted octanol–water partition coefficient (Wildman–Crippen LogP) is 3.03. The summed E-state index contributed by atoms with van der Waals surface area (Å²) in [6, 6.07) is 13.5. The summed E-state index contributed by atoms with van der Waals surface area (Å²) in [5.74, 6) is 0.807. The minimum Gasteiger partial charge on any atom is -0.491 e. The molecule has 0 spiro atoms. The molecule has 2 aromatic carbocycles. The second-order valence-electron chi connectivity index (χ2n) is 8.23. The Balaban J connectivity index is 1.38. The predicted molar refractivity (Wildman–Crippen MR) is 116 cm³/mol. The summed E-state index contributed by atoms with van der Waals surface area (Å²) in [6.07, 6.45) is 0.398. The van der Waals surface area contributed by atoms with Crippen molar-refractivity contribution in [2.45, 2.75) is 56.2 Å². The zero-order chi connectivity index (χ0) is 21.8. The first kappa shape index (κ1) is 22.5. The molecule has 2 fully saturated rings. The van der Waals surface area contributed by atoms with Crippen molar-refractivity contribution < 1.29 is 29.5 Å². The average molecular weight is 449 g/mol. The van der Waals surface area contributed by atoms with Crippen molar-refractivity contribution in [3.63, 3.8) is 0 Å². The second-order valence-corrected chi connectivity index (χ2v) is 8.64. The van der Waals surface area contributed by atoms with E-state index < -0.39 is 24.4 Å². The first-order chi connectivity index (χ1) is 15.0. The van der Waals surface area contributed by atoms with Gasteiger partial charge in [-0.25, -0.2) is 0 Å². The van der Waals surface area contributed by atoms with E-state index in [0.29, 0.717) is 30.8 Å². The highest BCUT2D eigenvalue weighted by atomic mass is 35.5. The van der Waals surface area contributed by atoms with Gasteiger partial charge in [0.25, 0.3) is 0 Å². The van der Waals surface area contributed by atoms with Gasteiger partial charge in [-0.1, -0.05) is 35.9 Å². The third-order valence-corrected chi connectivity index (χ3v) is 6.11. The molecule has 31 heavy (non-hydrogen) atoms. The molecular formula is C24H29ClO6. The van der Waals surface area contributed by atoms with E-state index >= 15 is 0 Å². The van der Waals surface area contributed by atoms with Crippen LogP contribution in [0.1, 0.15) is 42.1 Å². The highest BCUT2D eigenvalue weighted by Crippen LogP contribution is 2.34. The average Bonchev–Trinajstić information content (AvgIpc) is 3.60. The molecule has 1 saturated carbocycles. The lowest BCUT2D eigenvalue weighted by molar-refractivity contribution is -0.181. The first-order valence-electron chi connectivity index (χ1n) is 10.8. The van der Waals surface area contributed by atoms with Crippen LogP contribution in [0, 0.1) is 0 Å². The van der Waals surface area contributed by atoms with Gasteiger partial charge in [0, 0.05) is 11.4 Å². The van der Waals surface area contributed by atoms with Gasteiger partial charge < -0.3 is 29.5 Å². The van der Waals surface area contributed by atoms with E-state index in [9.17, 15) is 15.3 Å². The lowest BCUT2D eigenvalue weighted by atomic mass is 9.92. The van der Waals surface area contributed by atoms with E-state index in [-0.39, 0.29) is 13.0 Å². The van der Waals surface area contributed by atoms with Crippen LogP contribution in [0.4, 0.5) is 0 Å². The molecule has 0 radical (unpaired) electrons. The maximum Gasteiger partial charge on any atom is 0.119 e. The lowest BCUT2D eigenvalue weighted by Crippen LogP contribution is -2.47. The van der Waals surface area contributed by atoms with Crippen LogP contribution in [-0.4, -0.2) is 59.6 Å². The number of hydrogen-bond acceptors (Lipinski definition) is 6. The fraction of sp³-hybridized carbons (Fsp3) is 0.500. The van der Waals surface area contributed by atoms with E-state index in [1.54, 1.807) is 0 Å². The molecule has 1 saturated heterocycles. The van der Waals surface area contributed by atoms with Crippen molar-refractivity contribution in [3.8, 4) is 5.75 Å². The Morgan fingerprint density at radius 2 is 1.81 bits per heavy atom. The van der Waals surface area contributed by atoms with Gasteiger partial charge in [0.15, 0.2) is 0 Å². The zero-order valence-corrected chi connectivity index (χ0v) is 18.1. The highest BCUT2D eigenvalue weighted by Gasteiger charge is 2.37. The third kappa shape index (κ3) is 5.98. The van der Waals surface area contributed by atoms with Crippen molar-refractivity contribution in [3.05, 3.63) is 64.2 Å². The SMILES string of the molecule is OC[C@H]1O[C@@H](c2ccc(Cl)c(Cc3ccc(OCCOC4CC4)cc3)c2)C[C@@H](O)[C@@H]1O. The Morgan fingerprint density at radius 3 is 2.52 bits per heavy atom. The summed E-state index contributed by atoms with van der Waals surface area (Å²) < 4.78 is 17.1. The molecule has 4 atom stereocenters. The molecule has 0 aromatic heterocycles. The molecule has 7 heteroatoms. The van der Waals surface area contributed by atoms with Crippen molar-refractivity contribution in [2.75, 3.05) is 19.8 Å². The molecule has 6 nitrogen and oxygen atoms in total. The van der Waals surface area contributed by atoms with E-state index in [4.69, 9.17) is 25.8 Å². The van der Waals surface area contributed by atoms with Gasteiger partial charge in [-0.05, 0) is 54.2 Å². The van der Waals surface area contributed by atoms with E-state index in [2.05, 4.69) is 0 Å². The smallest absolute Gasteiger partial charge is 0.119 e. The first-order valence-corrected chi connectivity index (χ1v) is 11.2. The van der Waals surface area contributed by atoms with Crippen LogP contribution in [0.3, 0.4) is 0 Å². The summed E-state index contributed by atoms with van der Waals surface area (Å²) in [7, 11) is 0. The number of aliphatic hydroxyl groups excluding tert-OH is 3. The Bertz CT molecular complexity index is 854. The minimum absolute atomic E-state index is 0.259. The topological polar surface area (TPSA) is 88.4 Å². The van der Waals surface area contributed by atoms with Crippen molar-refractivity contribution in [1.29, 1.82) is 0 Å². The van der Waals surface area contributed by atoms with E-state index in [1.165, 1.54) is 0 Å². The fourth-order valence-corrected chi connectivity index (χ4v) is 3.97. The van der Waals surface area contributed by atoms with Gasteiger partial charge in [-0.2, -0.15) is 0 Å². The molecule has 2 aliphatic rings. The van der Waals surface area contributed by atoms with Gasteiger partial charge in [0.2, 0.25) is 0 Å². The van der Waals surface area contributed by atoms with E-state index in [0.717, 1.165) is 35.3 Å². The van der Waals surface area contributed by atoms with Crippen LogP contribution in [0.5, 0.6) is 5.75 Å². The molecule has 1 aliphatic carbocycles. The number of halogens is 1. The van der Waals surface area contributed by atoms with Crippen molar-refractivity contribution >= 4 is 11.6 Å². The maximum atomic E-state index is 10.1. The van der Waals surface area contributed by atoms with Crippen LogP contribution in [0.15, 0.2) is 42.5 Å². The lowest BCUT2D eigenvalue weighted by Gasteiger charge is -2.36. The number of aliphatic hydroxyl groups is 3. The number of ether oxygens (including phenoxy) is 3. The summed E-state index contributed by atoms with van der Waals surface area (Å²) in [4.78, 5) is 0. The largest absolute Gasteiger partial charge is 0.491 e. The molecule has 0 amide bonds. The molecule has 3 N–H and O–H groups in total. The molecule has 168 valence electrons. The summed E-state index contributed by atoms with van der Waals surface area (Å²) in [5, 5.41) is 30.1. The van der Waals surface area contributed by atoms with Crippen LogP contribution in [-0.2, 0) is 15.9 Å². The highest BCUT2D eigenvalue weighted by molar-refractivity contribution is 6.31. The van der Waals surface area contributed by atoms with Crippen LogP contribution in [0.2, 0.25) is 5.02 Å². The molecule has 0 unspecified atom stereocenters. The Kier molecular flexibility index (Phi) is 7.48. The van der Waals surface area contributed by atoms with Gasteiger partial charge >= 0.3 is 0 Å². The molecule has 4 rings (SSSR count). The van der Waals surface area contributed by atoms with E-state index in [1.807, 2.05) is 42.5 Å². The van der Waals surface area contributed by atoms with Crippen LogP contribution < -0.4 is 4.74 Å². The third-order valence-electron chi connectivity index (χ3n) is 5.74. The maximum absolute atomic E-state index is 10.1. The van der Waals surface area contributed by atoms with Gasteiger partial charge in [0.1, 0.15) is 24.6 Å². The summed E-state index contributed by atoms with van der Waals surface area (Å²) in [6.45, 7) is 0.803. The summed E-state index contributed by atoms with van der Waals surface area (Å²) >= 11 is 6.43.